The van der Waals surface area contributed by atoms with Gasteiger partial charge in [-0.3, -0.25) is 4.79 Å². The van der Waals surface area contributed by atoms with Gasteiger partial charge in [-0.15, -0.1) is 5.54 Å². The van der Waals surface area contributed by atoms with Gasteiger partial charge in [-0.2, -0.15) is 0 Å². The molecule has 0 saturated heterocycles. The molecule has 0 amide bonds. The third-order valence-corrected chi connectivity index (χ3v) is 3.79. The summed E-state index contributed by atoms with van der Waals surface area (Å²) in [7, 11) is -1.52. The lowest BCUT2D eigenvalue weighted by molar-refractivity contribution is 0.105. The van der Waals surface area contributed by atoms with E-state index < -0.39 is 8.07 Å². The predicted octanol–water partition coefficient (Wildman–Crippen LogP) is 4.33. The van der Waals surface area contributed by atoms with Crippen LogP contribution < -0.4 is 4.74 Å². The van der Waals surface area contributed by atoms with E-state index in [0.29, 0.717) is 12.2 Å². The van der Waals surface area contributed by atoms with Crippen molar-refractivity contribution >= 4 is 13.9 Å². The van der Waals surface area contributed by atoms with Gasteiger partial charge in [0.15, 0.2) is 0 Å². The zero-order chi connectivity index (χ0) is 16.0. The molecule has 0 aliphatic rings. The molecule has 2 aromatic rings. The Hall–Kier alpha value is -2.31. The minimum atomic E-state index is -1.52. The van der Waals surface area contributed by atoms with Crippen molar-refractivity contribution in [3.8, 4) is 17.2 Å². The summed E-state index contributed by atoms with van der Waals surface area (Å²) in [4.78, 5) is 12.0. The molecule has 0 heterocycles. The lowest BCUT2D eigenvalue weighted by Gasteiger charge is -2.06. The van der Waals surface area contributed by atoms with Gasteiger partial charge in [0.2, 0.25) is 5.78 Å². The standard InChI is InChI=1S/C19H20O2Si/c1-22(2,3)14-13-19(20)17-9-11-18(12-10-17)21-15-16-7-5-4-6-8-16/h4-12H,15H2,1-3H3. The molecule has 0 aliphatic carbocycles. The molecule has 3 heteroatoms. The highest BCUT2D eigenvalue weighted by atomic mass is 28.3. The van der Waals surface area contributed by atoms with Crippen LogP contribution in [0.15, 0.2) is 54.6 Å². The molecule has 0 atom stereocenters. The number of rotatable bonds is 4. The maximum Gasteiger partial charge on any atom is 0.235 e. The number of Topliss-reactive ketones (excluding diaryl/α,β-unsaturated/α-hetero) is 1. The molecule has 112 valence electrons. The van der Waals surface area contributed by atoms with Crippen LogP contribution in [0.2, 0.25) is 19.6 Å². The van der Waals surface area contributed by atoms with E-state index in [1.54, 1.807) is 12.1 Å². The summed E-state index contributed by atoms with van der Waals surface area (Å²) in [5.41, 5.74) is 4.81. The van der Waals surface area contributed by atoms with Crippen LogP contribution >= 0.6 is 0 Å². The van der Waals surface area contributed by atoms with Crippen molar-refractivity contribution in [2.45, 2.75) is 26.2 Å². The van der Waals surface area contributed by atoms with E-state index >= 15 is 0 Å². The van der Waals surface area contributed by atoms with E-state index in [0.717, 1.165) is 11.3 Å². The Morgan fingerprint density at radius 1 is 1.00 bits per heavy atom. The van der Waals surface area contributed by atoms with Crippen LogP contribution in [0.4, 0.5) is 0 Å². The van der Waals surface area contributed by atoms with Crippen molar-refractivity contribution in [3.05, 3.63) is 65.7 Å². The summed E-state index contributed by atoms with van der Waals surface area (Å²) >= 11 is 0. The van der Waals surface area contributed by atoms with E-state index in [9.17, 15) is 4.79 Å². The Morgan fingerprint density at radius 2 is 1.64 bits per heavy atom. The van der Waals surface area contributed by atoms with Gasteiger partial charge < -0.3 is 4.74 Å². The van der Waals surface area contributed by atoms with E-state index in [1.807, 2.05) is 42.5 Å². The first-order valence-electron chi connectivity index (χ1n) is 7.28. The first-order valence-corrected chi connectivity index (χ1v) is 10.8. The zero-order valence-corrected chi connectivity index (χ0v) is 14.2. The van der Waals surface area contributed by atoms with Gasteiger partial charge in [-0.05, 0) is 35.7 Å². The number of hydrogen-bond acceptors (Lipinski definition) is 2. The van der Waals surface area contributed by atoms with Gasteiger partial charge in [-0.25, -0.2) is 0 Å². The Kier molecular flexibility index (Phi) is 5.19. The average molecular weight is 308 g/mol. The smallest absolute Gasteiger partial charge is 0.235 e. The highest BCUT2D eigenvalue weighted by Gasteiger charge is 2.09. The number of carbonyl (C=O) groups is 1. The SMILES string of the molecule is C[Si](C)(C)C#CC(=O)c1ccc(OCc2ccccc2)cc1. The van der Waals surface area contributed by atoms with Crippen molar-refractivity contribution in [3.63, 3.8) is 0 Å². The molecular formula is C19H20O2Si. The van der Waals surface area contributed by atoms with Gasteiger partial charge in [0, 0.05) is 5.56 Å². The quantitative estimate of drug-likeness (QED) is 0.477. The molecule has 0 bridgehead atoms. The Labute approximate surface area is 133 Å². The first kappa shape index (κ1) is 16.1. The maximum absolute atomic E-state index is 12.0. The molecule has 0 unspecified atom stereocenters. The van der Waals surface area contributed by atoms with Gasteiger partial charge in [0.25, 0.3) is 0 Å². The third kappa shape index (κ3) is 5.23. The number of ketones is 1. The van der Waals surface area contributed by atoms with Gasteiger partial charge in [0.1, 0.15) is 20.4 Å². The van der Waals surface area contributed by atoms with Gasteiger partial charge in [0.05, 0.1) is 0 Å². The van der Waals surface area contributed by atoms with E-state index in [4.69, 9.17) is 4.74 Å². The average Bonchev–Trinajstić information content (AvgIpc) is 2.51. The lowest BCUT2D eigenvalue weighted by Crippen LogP contribution is -2.17. The first-order chi connectivity index (χ1) is 10.4. The second-order valence-corrected chi connectivity index (χ2v) is 10.9. The summed E-state index contributed by atoms with van der Waals surface area (Å²) in [6.45, 7) is 6.87. The summed E-state index contributed by atoms with van der Waals surface area (Å²) in [6, 6.07) is 17.1. The summed E-state index contributed by atoms with van der Waals surface area (Å²) in [5, 5.41) is 0. The van der Waals surface area contributed by atoms with Gasteiger partial charge >= 0.3 is 0 Å². The minimum absolute atomic E-state index is 0.128. The van der Waals surface area contributed by atoms with Crippen LogP contribution in [0.3, 0.4) is 0 Å². The molecule has 2 nitrogen and oxygen atoms in total. The molecule has 0 N–H and O–H groups in total. The van der Waals surface area contributed by atoms with Gasteiger partial charge in [-0.1, -0.05) is 50.0 Å². The van der Waals surface area contributed by atoms with Crippen LogP contribution in [0.5, 0.6) is 5.75 Å². The maximum atomic E-state index is 12.0. The fraction of sp³-hybridized carbons (Fsp3) is 0.211. The topological polar surface area (TPSA) is 26.3 Å². The van der Waals surface area contributed by atoms with Crippen molar-refractivity contribution in [2.24, 2.45) is 0 Å². The molecule has 2 rings (SSSR count). The molecule has 0 aromatic heterocycles. The molecule has 0 fully saturated rings. The molecule has 0 aliphatic heterocycles. The molecule has 0 saturated carbocycles. The van der Waals surface area contributed by atoms with Crippen LogP contribution in [0.25, 0.3) is 0 Å². The second-order valence-electron chi connectivity index (χ2n) is 6.13. The minimum Gasteiger partial charge on any atom is -0.489 e. The van der Waals surface area contributed by atoms with E-state index in [2.05, 4.69) is 31.1 Å². The largest absolute Gasteiger partial charge is 0.489 e. The summed E-state index contributed by atoms with van der Waals surface area (Å²) in [5.74, 6) is 3.37. The van der Waals surface area contributed by atoms with Crippen LogP contribution in [-0.4, -0.2) is 13.9 Å². The van der Waals surface area contributed by atoms with Crippen LogP contribution in [-0.2, 0) is 6.61 Å². The second kappa shape index (κ2) is 7.10. The third-order valence-electron chi connectivity index (χ3n) is 2.92. The Balaban J connectivity index is 1.98. The highest BCUT2D eigenvalue weighted by Crippen LogP contribution is 2.14. The molecule has 0 radical (unpaired) electrons. The molecule has 0 spiro atoms. The fourth-order valence-corrected chi connectivity index (χ4v) is 2.25. The van der Waals surface area contributed by atoms with E-state index in [1.165, 1.54) is 0 Å². The number of carbonyl (C=O) groups excluding carboxylic acids is 1. The summed E-state index contributed by atoms with van der Waals surface area (Å²) < 4.78 is 5.70. The molecule has 22 heavy (non-hydrogen) atoms. The monoisotopic (exact) mass is 308 g/mol. The van der Waals surface area contributed by atoms with Crippen LogP contribution in [0.1, 0.15) is 15.9 Å². The number of hydrogen-bond donors (Lipinski definition) is 0. The number of benzene rings is 2. The predicted molar refractivity (Wildman–Crippen MR) is 92.7 cm³/mol. The van der Waals surface area contributed by atoms with Crippen molar-refractivity contribution in [2.75, 3.05) is 0 Å². The normalized spacial score (nSPS) is 10.5. The fourth-order valence-electron chi connectivity index (χ4n) is 1.76. The highest BCUT2D eigenvalue weighted by molar-refractivity contribution is 6.84. The lowest BCUT2D eigenvalue weighted by atomic mass is 10.1. The van der Waals surface area contributed by atoms with Crippen molar-refractivity contribution in [1.82, 2.24) is 0 Å². The van der Waals surface area contributed by atoms with E-state index in [-0.39, 0.29) is 5.78 Å². The van der Waals surface area contributed by atoms with Crippen molar-refractivity contribution < 1.29 is 9.53 Å². The van der Waals surface area contributed by atoms with Crippen LogP contribution in [0, 0.1) is 11.5 Å². The molecular weight excluding hydrogens is 288 g/mol. The summed E-state index contributed by atoms with van der Waals surface area (Å²) in [6.07, 6.45) is 0. The van der Waals surface area contributed by atoms with Crippen molar-refractivity contribution in [1.29, 1.82) is 0 Å². The number of ether oxygens (including phenoxy) is 1. The zero-order valence-electron chi connectivity index (χ0n) is 13.2. The Morgan fingerprint density at radius 3 is 2.23 bits per heavy atom. The Bertz CT molecular complexity index is 686. The molecule has 2 aromatic carbocycles.